The third-order valence-corrected chi connectivity index (χ3v) is 4.33. The number of hydrogen-bond donors (Lipinski definition) is 0. The summed E-state index contributed by atoms with van der Waals surface area (Å²) in [5, 5.41) is 3.31. The molecule has 6 heteroatoms. The maximum Gasteiger partial charge on any atom is 0.141 e. The molecule has 0 saturated carbocycles. The zero-order chi connectivity index (χ0) is 13.2. The molecular formula is C13H17N3O2S. The molecule has 1 aliphatic rings. The quantitative estimate of drug-likeness (QED) is 0.858. The number of ether oxygens (including phenoxy) is 2. The van der Waals surface area contributed by atoms with E-state index >= 15 is 0 Å². The summed E-state index contributed by atoms with van der Waals surface area (Å²) in [4.78, 5) is 12.1. The molecule has 0 bridgehead atoms. The molecule has 0 aromatic carbocycles. The summed E-state index contributed by atoms with van der Waals surface area (Å²) < 4.78 is 10.9. The number of thiophene rings is 1. The molecule has 1 aliphatic heterocycles. The average Bonchev–Trinajstić information content (AvgIpc) is 2.82. The van der Waals surface area contributed by atoms with Gasteiger partial charge in [0.2, 0.25) is 0 Å². The van der Waals surface area contributed by atoms with E-state index in [1.54, 1.807) is 24.8 Å². The largest absolute Gasteiger partial charge is 0.382 e. The van der Waals surface area contributed by atoms with Gasteiger partial charge in [-0.15, -0.1) is 11.3 Å². The first-order valence-corrected chi connectivity index (χ1v) is 7.22. The van der Waals surface area contributed by atoms with Gasteiger partial charge in [0.1, 0.15) is 17.0 Å². The van der Waals surface area contributed by atoms with Crippen LogP contribution in [0.5, 0.6) is 0 Å². The summed E-state index contributed by atoms with van der Waals surface area (Å²) in [5.74, 6) is 1.02. The summed E-state index contributed by atoms with van der Waals surface area (Å²) >= 11 is 1.67. The van der Waals surface area contributed by atoms with Gasteiger partial charge >= 0.3 is 0 Å². The van der Waals surface area contributed by atoms with Crippen molar-refractivity contribution < 1.29 is 9.47 Å². The highest BCUT2D eigenvalue weighted by Crippen LogP contribution is 2.31. The Labute approximate surface area is 116 Å². The Morgan fingerprint density at radius 1 is 1.53 bits per heavy atom. The van der Waals surface area contributed by atoms with Crippen LogP contribution in [0, 0.1) is 6.92 Å². The van der Waals surface area contributed by atoms with E-state index in [4.69, 9.17) is 9.47 Å². The van der Waals surface area contributed by atoms with E-state index < -0.39 is 0 Å². The van der Waals surface area contributed by atoms with Crippen molar-refractivity contribution in [3.05, 3.63) is 17.3 Å². The lowest BCUT2D eigenvalue weighted by molar-refractivity contribution is -0.0101. The van der Waals surface area contributed by atoms with Gasteiger partial charge in [0.25, 0.3) is 0 Å². The van der Waals surface area contributed by atoms with Gasteiger partial charge in [0, 0.05) is 20.2 Å². The Morgan fingerprint density at radius 2 is 2.42 bits per heavy atom. The molecular weight excluding hydrogens is 262 g/mol. The molecule has 0 radical (unpaired) electrons. The van der Waals surface area contributed by atoms with Gasteiger partial charge in [0.05, 0.1) is 24.7 Å². The minimum Gasteiger partial charge on any atom is -0.382 e. The predicted molar refractivity (Wildman–Crippen MR) is 76.0 cm³/mol. The highest BCUT2D eigenvalue weighted by molar-refractivity contribution is 7.17. The molecule has 5 nitrogen and oxygen atoms in total. The number of morpholine rings is 1. The summed E-state index contributed by atoms with van der Waals surface area (Å²) in [6.45, 7) is 5.12. The van der Waals surface area contributed by atoms with Crippen molar-refractivity contribution in [1.29, 1.82) is 0 Å². The maximum absolute atomic E-state index is 5.69. The molecule has 0 N–H and O–H groups in total. The van der Waals surface area contributed by atoms with Crippen molar-refractivity contribution in [2.24, 2.45) is 0 Å². The Kier molecular flexibility index (Phi) is 3.63. The SMILES string of the molecule is COC[C@@H]1CN(c2ncnc3scc(C)c23)CCO1. The number of fused-ring (bicyclic) bond motifs is 1. The van der Waals surface area contributed by atoms with Crippen LogP contribution in [0.1, 0.15) is 5.56 Å². The van der Waals surface area contributed by atoms with Gasteiger partial charge in [0.15, 0.2) is 0 Å². The molecule has 2 aromatic heterocycles. The number of nitrogens with zero attached hydrogens (tertiary/aromatic N) is 3. The first-order chi connectivity index (χ1) is 9.29. The Morgan fingerprint density at radius 3 is 3.26 bits per heavy atom. The van der Waals surface area contributed by atoms with E-state index in [0.29, 0.717) is 13.2 Å². The van der Waals surface area contributed by atoms with Crippen LogP contribution < -0.4 is 4.90 Å². The molecule has 19 heavy (non-hydrogen) atoms. The molecule has 2 aromatic rings. The van der Waals surface area contributed by atoms with Crippen molar-refractivity contribution in [3.8, 4) is 0 Å². The fraction of sp³-hybridized carbons (Fsp3) is 0.538. The second-order valence-electron chi connectivity index (χ2n) is 4.69. The van der Waals surface area contributed by atoms with Crippen molar-refractivity contribution in [2.45, 2.75) is 13.0 Å². The fourth-order valence-corrected chi connectivity index (χ4v) is 3.32. The lowest BCUT2D eigenvalue weighted by Gasteiger charge is -2.33. The van der Waals surface area contributed by atoms with Gasteiger partial charge in [-0.2, -0.15) is 0 Å². The number of hydrogen-bond acceptors (Lipinski definition) is 6. The number of aromatic nitrogens is 2. The van der Waals surface area contributed by atoms with E-state index in [9.17, 15) is 0 Å². The molecule has 1 saturated heterocycles. The summed E-state index contributed by atoms with van der Waals surface area (Å²) in [6.07, 6.45) is 1.76. The third-order valence-electron chi connectivity index (χ3n) is 3.33. The van der Waals surface area contributed by atoms with Crippen molar-refractivity contribution in [1.82, 2.24) is 9.97 Å². The van der Waals surface area contributed by atoms with Crippen LogP contribution in [0.3, 0.4) is 0 Å². The topological polar surface area (TPSA) is 47.5 Å². The first kappa shape index (κ1) is 12.8. The zero-order valence-corrected chi connectivity index (χ0v) is 11.9. The number of rotatable bonds is 3. The van der Waals surface area contributed by atoms with Gasteiger partial charge in [-0.25, -0.2) is 9.97 Å². The smallest absolute Gasteiger partial charge is 0.141 e. The van der Waals surface area contributed by atoms with E-state index in [1.807, 2.05) is 0 Å². The molecule has 1 atom stereocenters. The number of methoxy groups -OCH3 is 1. The lowest BCUT2D eigenvalue weighted by Crippen LogP contribution is -2.44. The Balaban J connectivity index is 1.93. The maximum atomic E-state index is 5.69. The minimum absolute atomic E-state index is 0.114. The van der Waals surface area contributed by atoms with Gasteiger partial charge in [-0.1, -0.05) is 0 Å². The normalized spacial score (nSPS) is 20.1. The molecule has 3 heterocycles. The fourth-order valence-electron chi connectivity index (χ4n) is 2.44. The Hall–Kier alpha value is -1.24. The molecule has 0 spiro atoms. The molecule has 0 aliphatic carbocycles. The summed E-state index contributed by atoms with van der Waals surface area (Å²) in [5.41, 5.74) is 1.24. The van der Waals surface area contributed by atoms with E-state index in [0.717, 1.165) is 23.7 Å². The molecule has 1 fully saturated rings. The van der Waals surface area contributed by atoms with Crippen molar-refractivity contribution >= 4 is 27.4 Å². The number of anilines is 1. The van der Waals surface area contributed by atoms with E-state index in [-0.39, 0.29) is 6.10 Å². The summed E-state index contributed by atoms with van der Waals surface area (Å²) in [7, 11) is 1.70. The standard InChI is InChI=1S/C13H17N3O2S/c1-9-7-19-13-11(9)12(14-8-15-13)16-3-4-18-10(5-16)6-17-2/h7-8,10H,3-6H2,1-2H3/t10-/m0/s1. The highest BCUT2D eigenvalue weighted by atomic mass is 32.1. The molecule has 0 unspecified atom stereocenters. The minimum atomic E-state index is 0.114. The van der Waals surface area contributed by atoms with E-state index in [1.165, 1.54) is 10.9 Å². The highest BCUT2D eigenvalue weighted by Gasteiger charge is 2.23. The average molecular weight is 279 g/mol. The third kappa shape index (κ3) is 2.43. The second kappa shape index (κ2) is 5.40. The van der Waals surface area contributed by atoms with Gasteiger partial charge in [-0.3, -0.25) is 0 Å². The first-order valence-electron chi connectivity index (χ1n) is 6.34. The van der Waals surface area contributed by atoms with Gasteiger partial charge in [-0.05, 0) is 17.9 Å². The van der Waals surface area contributed by atoms with Crippen LogP contribution in [0.2, 0.25) is 0 Å². The van der Waals surface area contributed by atoms with Crippen LogP contribution in [0.25, 0.3) is 10.2 Å². The monoisotopic (exact) mass is 279 g/mol. The van der Waals surface area contributed by atoms with Crippen LogP contribution in [-0.4, -0.2) is 49.5 Å². The zero-order valence-electron chi connectivity index (χ0n) is 11.1. The number of aryl methyl sites for hydroxylation is 1. The van der Waals surface area contributed by atoms with Crippen molar-refractivity contribution in [3.63, 3.8) is 0 Å². The molecule has 3 rings (SSSR count). The lowest BCUT2D eigenvalue weighted by atomic mass is 10.2. The van der Waals surface area contributed by atoms with Crippen LogP contribution in [0.15, 0.2) is 11.7 Å². The van der Waals surface area contributed by atoms with Crippen LogP contribution >= 0.6 is 11.3 Å². The molecule has 102 valence electrons. The van der Waals surface area contributed by atoms with Crippen molar-refractivity contribution in [2.75, 3.05) is 38.3 Å². The van der Waals surface area contributed by atoms with Gasteiger partial charge < -0.3 is 14.4 Å². The van der Waals surface area contributed by atoms with E-state index in [2.05, 4.69) is 27.2 Å². The summed E-state index contributed by atoms with van der Waals surface area (Å²) in [6, 6.07) is 0. The molecule has 0 amide bonds. The second-order valence-corrected chi connectivity index (χ2v) is 5.55. The predicted octanol–water partition coefficient (Wildman–Crippen LogP) is 1.85. The van der Waals surface area contributed by atoms with Crippen LogP contribution in [0.4, 0.5) is 5.82 Å². The Bertz CT molecular complexity index is 570. The van der Waals surface area contributed by atoms with Crippen LogP contribution in [-0.2, 0) is 9.47 Å².